The van der Waals surface area contributed by atoms with Gasteiger partial charge in [0.15, 0.2) is 0 Å². The Balaban J connectivity index is 2.10. The van der Waals surface area contributed by atoms with E-state index in [1.165, 1.54) is 6.92 Å². The zero-order valence-corrected chi connectivity index (χ0v) is 15.3. The summed E-state index contributed by atoms with van der Waals surface area (Å²) in [6, 6.07) is 1.97. The first-order chi connectivity index (χ1) is 12.2. The molecule has 6 nitrogen and oxygen atoms in total. The largest absolute Gasteiger partial charge is 0.459 e. The van der Waals surface area contributed by atoms with Gasteiger partial charge in [-0.05, 0) is 51.7 Å². The summed E-state index contributed by atoms with van der Waals surface area (Å²) in [5.41, 5.74) is -1.26. The van der Waals surface area contributed by atoms with E-state index in [-0.39, 0.29) is 27.9 Å². The minimum absolute atomic E-state index is 0.0971. The SMILES string of the molecule is Cc1[nH]c(=O)n(-c2cc(C(=O)OC(C)C3CC3)c(Cl)cc2F)c(=O)c1C. The van der Waals surface area contributed by atoms with Crippen LogP contribution in [-0.2, 0) is 4.74 Å². The Labute approximate surface area is 153 Å². The van der Waals surface area contributed by atoms with Crippen LogP contribution in [0.1, 0.15) is 41.4 Å². The first-order valence-electron chi connectivity index (χ1n) is 8.23. The minimum atomic E-state index is -0.891. The van der Waals surface area contributed by atoms with Gasteiger partial charge in [-0.2, -0.15) is 0 Å². The van der Waals surface area contributed by atoms with Gasteiger partial charge in [0.1, 0.15) is 11.9 Å². The molecule has 1 aromatic heterocycles. The Morgan fingerprint density at radius 1 is 1.35 bits per heavy atom. The van der Waals surface area contributed by atoms with Crippen molar-refractivity contribution in [1.82, 2.24) is 9.55 Å². The molecule has 1 aromatic carbocycles. The second-order valence-electron chi connectivity index (χ2n) is 6.55. The summed E-state index contributed by atoms with van der Waals surface area (Å²) < 4.78 is 20.4. The summed E-state index contributed by atoms with van der Waals surface area (Å²) in [4.78, 5) is 39.5. The summed E-state index contributed by atoms with van der Waals surface area (Å²) >= 11 is 5.98. The lowest BCUT2D eigenvalue weighted by molar-refractivity contribution is 0.0295. The Kier molecular flexibility index (Phi) is 4.75. The van der Waals surface area contributed by atoms with Crippen LogP contribution in [0.15, 0.2) is 21.7 Å². The lowest BCUT2D eigenvalue weighted by atomic mass is 10.1. The number of benzene rings is 1. The second-order valence-corrected chi connectivity index (χ2v) is 6.96. The Hall–Kier alpha value is -2.41. The number of aryl methyl sites for hydroxylation is 1. The molecule has 0 aliphatic heterocycles. The van der Waals surface area contributed by atoms with E-state index in [4.69, 9.17) is 16.3 Å². The van der Waals surface area contributed by atoms with Crippen LogP contribution in [0.2, 0.25) is 5.02 Å². The summed E-state index contributed by atoms with van der Waals surface area (Å²) in [6.45, 7) is 4.87. The maximum Gasteiger partial charge on any atom is 0.340 e. The Morgan fingerprint density at radius 3 is 2.62 bits per heavy atom. The normalized spacial score (nSPS) is 15.0. The number of carbonyl (C=O) groups is 1. The zero-order chi connectivity index (χ0) is 19.2. The van der Waals surface area contributed by atoms with E-state index in [1.54, 1.807) is 13.8 Å². The highest BCUT2D eigenvalue weighted by atomic mass is 35.5. The fourth-order valence-corrected chi connectivity index (χ4v) is 2.94. The van der Waals surface area contributed by atoms with Crippen LogP contribution in [0.25, 0.3) is 5.69 Å². The summed E-state index contributed by atoms with van der Waals surface area (Å²) in [5.74, 6) is -1.29. The Bertz CT molecular complexity index is 1010. The number of halogens is 2. The van der Waals surface area contributed by atoms with E-state index in [2.05, 4.69) is 4.98 Å². The zero-order valence-electron chi connectivity index (χ0n) is 14.6. The number of aromatic nitrogens is 2. The highest BCUT2D eigenvalue weighted by Gasteiger charge is 2.31. The van der Waals surface area contributed by atoms with E-state index < -0.39 is 23.0 Å². The molecule has 0 bridgehead atoms. The molecule has 26 heavy (non-hydrogen) atoms. The highest BCUT2D eigenvalue weighted by Crippen LogP contribution is 2.35. The smallest absolute Gasteiger partial charge is 0.340 e. The van der Waals surface area contributed by atoms with Crippen LogP contribution in [-0.4, -0.2) is 21.6 Å². The van der Waals surface area contributed by atoms with Crippen molar-refractivity contribution >= 4 is 17.6 Å². The van der Waals surface area contributed by atoms with Crippen LogP contribution in [0.4, 0.5) is 4.39 Å². The molecule has 1 aliphatic carbocycles. The molecule has 0 amide bonds. The number of hydrogen-bond donors (Lipinski definition) is 1. The number of rotatable bonds is 4. The van der Waals surface area contributed by atoms with Crippen molar-refractivity contribution in [2.24, 2.45) is 5.92 Å². The van der Waals surface area contributed by atoms with Crippen LogP contribution >= 0.6 is 11.6 Å². The number of nitrogens with one attached hydrogen (secondary N) is 1. The monoisotopic (exact) mass is 380 g/mol. The fourth-order valence-electron chi connectivity index (χ4n) is 2.71. The molecule has 1 N–H and O–H groups in total. The molecule has 0 radical (unpaired) electrons. The van der Waals surface area contributed by atoms with Gasteiger partial charge >= 0.3 is 11.7 Å². The van der Waals surface area contributed by atoms with Crippen LogP contribution in [0.3, 0.4) is 0 Å². The standard InChI is InChI=1S/C18H18ClFN2O4/c1-8-9(2)21-18(25)22(16(8)23)15-6-12(13(19)7-14(15)20)17(24)26-10(3)11-4-5-11/h6-7,10-11H,4-5H2,1-3H3,(H,21,25). The van der Waals surface area contributed by atoms with Crippen LogP contribution < -0.4 is 11.2 Å². The first kappa shape index (κ1) is 18.4. The molecular formula is C18H18ClFN2O4. The second kappa shape index (κ2) is 6.72. The van der Waals surface area contributed by atoms with Crippen molar-refractivity contribution in [2.45, 2.75) is 39.7 Å². The maximum atomic E-state index is 14.4. The van der Waals surface area contributed by atoms with Gasteiger partial charge in [0.2, 0.25) is 0 Å². The van der Waals surface area contributed by atoms with Gasteiger partial charge in [0, 0.05) is 11.3 Å². The molecule has 2 aromatic rings. The number of carbonyl (C=O) groups excluding carboxylic acids is 1. The van der Waals surface area contributed by atoms with Crippen molar-refractivity contribution in [2.75, 3.05) is 0 Å². The maximum absolute atomic E-state index is 14.4. The molecular weight excluding hydrogens is 363 g/mol. The third kappa shape index (κ3) is 3.31. The van der Waals surface area contributed by atoms with E-state index >= 15 is 0 Å². The van der Waals surface area contributed by atoms with Gasteiger partial charge in [-0.15, -0.1) is 0 Å². The average molecular weight is 381 g/mol. The number of H-pyrrole nitrogens is 1. The topological polar surface area (TPSA) is 81.2 Å². The van der Waals surface area contributed by atoms with E-state index in [0.29, 0.717) is 16.2 Å². The molecule has 1 heterocycles. The molecule has 1 unspecified atom stereocenters. The third-order valence-corrected chi connectivity index (χ3v) is 4.97. The Morgan fingerprint density at radius 2 is 2.00 bits per heavy atom. The molecule has 3 rings (SSSR count). The van der Waals surface area contributed by atoms with Crippen molar-refractivity contribution in [3.63, 3.8) is 0 Å². The van der Waals surface area contributed by atoms with Gasteiger partial charge in [-0.3, -0.25) is 4.79 Å². The summed E-state index contributed by atoms with van der Waals surface area (Å²) in [6.07, 6.45) is 1.70. The van der Waals surface area contributed by atoms with Gasteiger partial charge in [0.05, 0.1) is 16.3 Å². The van der Waals surface area contributed by atoms with Gasteiger partial charge in [-0.25, -0.2) is 18.5 Å². The summed E-state index contributed by atoms with van der Waals surface area (Å²) in [7, 11) is 0. The van der Waals surface area contributed by atoms with Crippen molar-refractivity contribution < 1.29 is 13.9 Å². The molecule has 1 atom stereocenters. The molecule has 1 saturated carbocycles. The van der Waals surface area contributed by atoms with Gasteiger partial charge < -0.3 is 9.72 Å². The van der Waals surface area contributed by atoms with E-state index in [1.807, 2.05) is 0 Å². The van der Waals surface area contributed by atoms with Crippen LogP contribution in [0.5, 0.6) is 0 Å². The molecule has 0 spiro atoms. The first-order valence-corrected chi connectivity index (χ1v) is 8.61. The highest BCUT2D eigenvalue weighted by molar-refractivity contribution is 6.33. The van der Waals surface area contributed by atoms with E-state index in [9.17, 15) is 18.8 Å². The third-order valence-electron chi connectivity index (χ3n) is 4.66. The number of nitrogens with zero attached hydrogens (tertiary/aromatic N) is 1. The van der Waals surface area contributed by atoms with Crippen molar-refractivity contribution in [3.05, 3.63) is 60.6 Å². The lowest BCUT2D eigenvalue weighted by Gasteiger charge is -2.15. The molecule has 1 fully saturated rings. The molecule has 0 saturated heterocycles. The van der Waals surface area contributed by atoms with E-state index in [0.717, 1.165) is 25.0 Å². The predicted molar refractivity (Wildman–Crippen MR) is 94.7 cm³/mol. The van der Waals surface area contributed by atoms with Gasteiger partial charge in [-0.1, -0.05) is 11.6 Å². The molecule has 1 aliphatic rings. The van der Waals surface area contributed by atoms with Crippen molar-refractivity contribution in [1.29, 1.82) is 0 Å². The van der Waals surface area contributed by atoms with Gasteiger partial charge in [0.25, 0.3) is 5.56 Å². The quantitative estimate of drug-likeness (QED) is 0.827. The summed E-state index contributed by atoms with van der Waals surface area (Å²) in [5, 5.41) is -0.146. The number of hydrogen-bond acceptors (Lipinski definition) is 4. The minimum Gasteiger partial charge on any atom is -0.459 e. The number of esters is 1. The molecule has 138 valence electrons. The molecule has 8 heteroatoms. The lowest BCUT2D eigenvalue weighted by Crippen LogP contribution is -2.36. The number of ether oxygens (including phenoxy) is 1. The number of aromatic amines is 1. The van der Waals surface area contributed by atoms with Crippen molar-refractivity contribution in [3.8, 4) is 5.69 Å². The fraction of sp³-hybridized carbons (Fsp3) is 0.389. The average Bonchev–Trinajstić information content (AvgIpc) is 3.39. The predicted octanol–water partition coefficient (Wildman–Crippen LogP) is 2.89. The van der Waals surface area contributed by atoms with Crippen LogP contribution in [0, 0.1) is 25.6 Å².